The second kappa shape index (κ2) is 4.16. The lowest BCUT2D eigenvalue weighted by atomic mass is 10.0. The first kappa shape index (κ1) is 11.3. The van der Waals surface area contributed by atoms with E-state index >= 15 is 0 Å². The quantitative estimate of drug-likeness (QED) is 0.857. The molecule has 0 spiro atoms. The second-order valence-electron chi connectivity index (χ2n) is 5.57. The maximum atomic E-state index is 3.99. The molecule has 1 unspecified atom stereocenters. The van der Waals surface area contributed by atoms with Crippen molar-refractivity contribution >= 4 is 5.69 Å². The molecule has 0 amide bonds. The molecule has 2 aromatic rings. The highest BCUT2D eigenvalue weighted by atomic mass is 15.1. The molecular formula is C15H19N3. The number of rotatable bonds is 4. The lowest BCUT2D eigenvalue weighted by molar-refractivity contribution is 0.493. The number of hydrogen-bond acceptors (Lipinski definition) is 2. The van der Waals surface area contributed by atoms with Crippen LogP contribution in [0.2, 0.25) is 0 Å². The average molecular weight is 241 g/mol. The summed E-state index contributed by atoms with van der Waals surface area (Å²) in [6.07, 6.45) is 4.45. The molecule has 1 aliphatic carbocycles. The van der Waals surface area contributed by atoms with E-state index in [-0.39, 0.29) is 0 Å². The van der Waals surface area contributed by atoms with Gasteiger partial charge in [0.05, 0.1) is 5.69 Å². The molecule has 1 atom stereocenters. The predicted octanol–water partition coefficient (Wildman–Crippen LogP) is 3.68. The van der Waals surface area contributed by atoms with Crippen molar-refractivity contribution in [3.63, 3.8) is 0 Å². The van der Waals surface area contributed by atoms with Gasteiger partial charge in [-0.25, -0.2) is 0 Å². The Hall–Kier alpha value is -1.77. The fraction of sp³-hybridized carbons (Fsp3) is 0.400. The van der Waals surface area contributed by atoms with Gasteiger partial charge in [0, 0.05) is 23.5 Å². The molecule has 3 nitrogen and oxygen atoms in total. The summed E-state index contributed by atoms with van der Waals surface area (Å²) in [6.45, 7) is 4.62. The van der Waals surface area contributed by atoms with Gasteiger partial charge in [-0.1, -0.05) is 19.1 Å². The van der Waals surface area contributed by atoms with Crippen LogP contribution < -0.4 is 5.32 Å². The van der Waals surface area contributed by atoms with E-state index in [4.69, 9.17) is 0 Å². The molecule has 1 aromatic heterocycles. The van der Waals surface area contributed by atoms with Crippen molar-refractivity contribution in [3.8, 4) is 11.3 Å². The number of hydrogen-bond donors (Lipinski definition) is 2. The van der Waals surface area contributed by atoms with Crippen molar-refractivity contribution in [1.82, 2.24) is 10.2 Å². The average Bonchev–Trinajstić information content (AvgIpc) is 2.93. The molecule has 1 heterocycles. The van der Waals surface area contributed by atoms with E-state index in [0.29, 0.717) is 11.5 Å². The summed E-state index contributed by atoms with van der Waals surface area (Å²) < 4.78 is 0. The number of H-pyrrole nitrogens is 1. The van der Waals surface area contributed by atoms with E-state index in [1.807, 2.05) is 6.07 Å². The molecule has 1 fully saturated rings. The van der Waals surface area contributed by atoms with Crippen LogP contribution in [-0.2, 0) is 0 Å². The van der Waals surface area contributed by atoms with Gasteiger partial charge in [0.1, 0.15) is 0 Å². The van der Waals surface area contributed by atoms with E-state index in [1.54, 1.807) is 6.20 Å². The number of nitrogens with one attached hydrogen (secondary N) is 2. The van der Waals surface area contributed by atoms with Crippen molar-refractivity contribution in [1.29, 1.82) is 0 Å². The summed E-state index contributed by atoms with van der Waals surface area (Å²) in [5.41, 5.74) is 3.90. The number of anilines is 1. The first-order valence-electron chi connectivity index (χ1n) is 6.54. The third-order valence-corrected chi connectivity index (χ3v) is 4.14. The smallest absolute Gasteiger partial charge is 0.0650 e. The zero-order valence-corrected chi connectivity index (χ0v) is 10.9. The summed E-state index contributed by atoms with van der Waals surface area (Å²) in [7, 11) is 0. The minimum atomic E-state index is 0.490. The van der Waals surface area contributed by atoms with E-state index in [2.05, 4.69) is 53.6 Å². The Morgan fingerprint density at radius 3 is 2.83 bits per heavy atom. The van der Waals surface area contributed by atoms with Crippen molar-refractivity contribution in [3.05, 3.63) is 36.5 Å². The highest BCUT2D eigenvalue weighted by Crippen LogP contribution is 2.48. The fourth-order valence-electron chi connectivity index (χ4n) is 2.25. The molecular weight excluding hydrogens is 222 g/mol. The molecule has 94 valence electrons. The van der Waals surface area contributed by atoms with Gasteiger partial charge in [0.15, 0.2) is 0 Å². The molecule has 0 saturated heterocycles. The molecule has 0 aliphatic heterocycles. The summed E-state index contributed by atoms with van der Waals surface area (Å²) in [4.78, 5) is 0. The Morgan fingerprint density at radius 1 is 1.33 bits per heavy atom. The molecule has 2 N–H and O–H groups in total. The van der Waals surface area contributed by atoms with Gasteiger partial charge in [-0.15, -0.1) is 0 Å². The molecule has 0 radical (unpaired) electrons. The first-order valence-corrected chi connectivity index (χ1v) is 6.54. The fourth-order valence-corrected chi connectivity index (χ4v) is 2.25. The lowest BCUT2D eigenvalue weighted by Gasteiger charge is -2.21. The van der Waals surface area contributed by atoms with Gasteiger partial charge >= 0.3 is 0 Å². The van der Waals surface area contributed by atoms with E-state index in [0.717, 1.165) is 5.69 Å². The second-order valence-corrected chi connectivity index (χ2v) is 5.57. The largest absolute Gasteiger partial charge is 0.382 e. The van der Waals surface area contributed by atoms with Crippen LogP contribution in [0.15, 0.2) is 36.5 Å². The Kier molecular flexibility index (Phi) is 2.62. The van der Waals surface area contributed by atoms with E-state index in [9.17, 15) is 0 Å². The molecule has 18 heavy (non-hydrogen) atoms. The van der Waals surface area contributed by atoms with Crippen molar-refractivity contribution in [2.75, 3.05) is 5.32 Å². The summed E-state index contributed by atoms with van der Waals surface area (Å²) >= 11 is 0. The van der Waals surface area contributed by atoms with Crippen LogP contribution in [0.4, 0.5) is 5.69 Å². The SMILES string of the molecule is CC(Nc1cccc(-c2ccn[nH]2)c1)C1(C)CC1. The normalized spacial score (nSPS) is 18.3. The van der Waals surface area contributed by atoms with Crippen molar-refractivity contribution < 1.29 is 0 Å². The molecule has 3 heteroatoms. The maximum absolute atomic E-state index is 3.99. The highest BCUT2D eigenvalue weighted by molar-refractivity contribution is 5.64. The number of aromatic amines is 1. The lowest BCUT2D eigenvalue weighted by Crippen LogP contribution is -2.24. The zero-order valence-electron chi connectivity index (χ0n) is 10.9. The number of nitrogens with zero attached hydrogens (tertiary/aromatic N) is 1. The van der Waals surface area contributed by atoms with Gasteiger partial charge in [-0.3, -0.25) is 5.10 Å². The van der Waals surface area contributed by atoms with Crippen LogP contribution in [0, 0.1) is 5.41 Å². The Bertz CT molecular complexity index is 526. The highest BCUT2D eigenvalue weighted by Gasteiger charge is 2.42. The van der Waals surface area contributed by atoms with Crippen LogP contribution in [-0.4, -0.2) is 16.2 Å². The van der Waals surface area contributed by atoms with Crippen molar-refractivity contribution in [2.24, 2.45) is 5.41 Å². The van der Waals surface area contributed by atoms with Gasteiger partial charge < -0.3 is 5.32 Å². The molecule has 3 rings (SSSR count). The van der Waals surface area contributed by atoms with Crippen LogP contribution >= 0.6 is 0 Å². The standard InChI is InChI=1S/C15H19N3/c1-11(15(2)7-8-15)17-13-5-3-4-12(10-13)14-6-9-16-18-14/h3-6,9-11,17H,7-8H2,1-2H3,(H,16,18). The summed E-state index contributed by atoms with van der Waals surface area (Å²) in [6, 6.07) is 11.0. The van der Waals surface area contributed by atoms with Gasteiger partial charge in [0.25, 0.3) is 0 Å². The zero-order chi connectivity index (χ0) is 12.6. The molecule has 1 saturated carbocycles. The molecule has 1 aliphatic rings. The third-order valence-electron chi connectivity index (χ3n) is 4.14. The topological polar surface area (TPSA) is 40.7 Å². The number of benzene rings is 1. The Balaban J connectivity index is 1.79. The Labute approximate surface area is 108 Å². The van der Waals surface area contributed by atoms with Gasteiger partial charge in [-0.05, 0) is 43.4 Å². The summed E-state index contributed by atoms with van der Waals surface area (Å²) in [5, 5.41) is 10.6. The third kappa shape index (κ3) is 2.13. The van der Waals surface area contributed by atoms with Crippen molar-refractivity contribution in [2.45, 2.75) is 32.7 Å². The predicted molar refractivity (Wildman–Crippen MR) is 74.4 cm³/mol. The summed E-state index contributed by atoms with van der Waals surface area (Å²) in [5.74, 6) is 0. The van der Waals surface area contributed by atoms with Crippen LogP contribution in [0.5, 0.6) is 0 Å². The van der Waals surface area contributed by atoms with E-state index < -0.39 is 0 Å². The van der Waals surface area contributed by atoms with Crippen LogP contribution in [0.25, 0.3) is 11.3 Å². The monoisotopic (exact) mass is 241 g/mol. The minimum absolute atomic E-state index is 0.490. The minimum Gasteiger partial charge on any atom is -0.382 e. The van der Waals surface area contributed by atoms with Gasteiger partial charge in [-0.2, -0.15) is 5.10 Å². The van der Waals surface area contributed by atoms with Crippen LogP contribution in [0.3, 0.4) is 0 Å². The van der Waals surface area contributed by atoms with Gasteiger partial charge in [0.2, 0.25) is 0 Å². The Morgan fingerprint density at radius 2 is 2.17 bits per heavy atom. The maximum Gasteiger partial charge on any atom is 0.0650 e. The first-order chi connectivity index (χ1) is 8.67. The molecule has 0 bridgehead atoms. The molecule has 1 aromatic carbocycles. The van der Waals surface area contributed by atoms with Crippen LogP contribution in [0.1, 0.15) is 26.7 Å². The number of aromatic nitrogens is 2. The van der Waals surface area contributed by atoms with E-state index in [1.165, 1.54) is 24.1 Å².